The number of hydrogen-bond donors (Lipinski definition) is 1. The molecular weight excluding hydrogens is 118 g/mol. The fraction of sp³-hybridized carbons (Fsp3) is 0.667. The third kappa shape index (κ3) is 145. The molecule has 0 aromatic heterocycles. The van der Waals surface area contributed by atoms with Gasteiger partial charge in [-0.1, -0.05) is 6.92 Å². The van der Waals surface area contributed by atoms with Gasteiger partial charge in [-0.05, 0) is 13.8 Å². The molecule has 9 heavy (non-hydrogen) atoms. The highest BCUT2D eigenvalue weighted by molar-refractivity contribution is 5.73. The van der Waals surface area contributed by atoms with Gasteiger partial charge in [0.15, 0.2) is 0 Å². The fourth-order valence-electron chi connectivity index (χ4n) is 0. The lowest BCUT2D eigenvalue weighted by Crippen LogP contribution is -2.06. The van der Waals surface area contributed by atoms with Crippen LogP contribution in [0.15, 0.2) is 0 Å². The van der Waals surface area contributed by atoms with Crippen molar-refractivity contribution in [1.82, 2.24) is 0 Å². The van der Waals surface area contributed by atoms with Crippen LogP contribution >= 0.6 is 0 Å². The molecular formula is C6H13NO2. The van der Waals surface area contributed by atoms with Gasteiger partial charge < -0.3 is 10.5 Å². The first kappa shape index (κ1) is 11.0. The Morgan fingerprint density at radius 3 is 1.44 bits per heavy atom. The van der Waals surface area contributed by atoms with Crippen molar-refractivity contribution in [2.24, 2.45) is 5.73 Å². The number of ketones is 1. The van der Waals surface area contributed by atoms with Crippen molar-refractivity contribution in [2.45, 2.75) is 27.2 Å². The lowest BCUT2D eigenvalue weighted by atomic mass is 10.5. The van der Waals surface area contributed by atoms with E-state index in [4.69, 9.17) is 0 Å². The minimum atomic E-state index is -0.245. The highest BCUT2D eigenvalue weighted by atomic mass is 16.1. The summed E-state index contributed by atoms with van der Waals surface area (Å²) in [4.78, 5) is 19.0. The smallest absolute Gasteiger partial charge is 0.217 e. The van der Waals surface area contributed by atoms with E-state index in [9.17, 15) is 9.59 Å². The van der Waals surface area contributed by atoms with Crippen LogP contribution in [0.2, 0.25) is 0 Å². The van der Waals surface area contributed by atoms with Gasteiger partial charge in [0.05, 0.1) is 0 Å². The number of Topliss-reactive ketones (excluding diaryl/α,β-unsaturated/α-hetero) is 1. The van der Waals surface area contributed by atoms with E-state index in [0.29, 0.717) is 6.42 Å². The zero-order chi connectivity index (χ0) is 7.86. The molecule has 0 aromatic carbocycles. The molecule has 1 amide bonds. The van der Waals surface area contributed by atoms with Crippen molar-refractivity contribution in [3.05, 3.63) is 0 Å². The van der Waals surface area contributed by atoms with Crippen molar-refractivity contribution >= 4 is 11.7 Å². The van der Waals surface area contributed by atoms with Crippen LogP contribution in [0, 0.1) is 0 Å². The normalized spacial score (nSPS) is 7.00. The molecule has 0 bridgehead atoms. The van der Waals surface area contributed by atoms with Crippen LogP contribution in [-0.2, 0) is 9.59 Å². The Kier molecular flexibility index (Phi) is 8.73. The van der Waals surface area contributed by atoms with Crippen LogP contribution in [0.4, 0.5) is 0 Å². The standard InChI is InChI=1S/C3H7NO.C3H6O/c1-2-3(4)5;1-3(2)4/h2H2,1H3,(H2,4,5);1-2H3. The first-order valence-electron chi connectivity index (χ1n) is 2.76. The second-order valence-electron chi connectivity index (χ2n) is 1.73. The zero-order valence-electron chi connectivity index (χ0n) is 6.10. The van der Waals surface area contributed by atoms with E-state index >= 15 is 0 Å². The molecule has 2 N–H and O–H groups in total. The molecule has 0 rings (SSSR count). The maximum Gasteiger partial charge on any atom is 0.217 e. The average Bonchev–Trinajstić information content (AvgIpc) is 1.65. The quantitative estimate of drug-likeness (QED) is 0.562. The molecule has 0 fully saturated rings. The van der Waals surface area contributed by atoms with Crippen LogP contribution in [0.1, 0.15) is 27.2 Å². The highest BCUT2D eigenvalue weighted by Gasteiger charge is 1.77. The Balaban J connectivity index is 0. The number of rotatable bonds is 1. The van der Waals surface area contributed by atoms with E-state index in [0.717, 1.165) is 0 Å². The Labute approximate surface area is 55.2 Å². The van der Waals surface area contributed by atoms with Crippen molar-refractivity contribution in [1.29, 1.82) is 0 Å². The number of carbonyl (C=O) groups excluding carboxylic acids is 2. The highest BCUT2D eigenvalue weighted by Crippen LogP contribution is 1.63. The zero-order valence-corrected chi connectivity index (χ0v) is 6.10. The van der Waals surface area contributed by atoms with Crippen LogP contribution in [0.3, 0.4) is 0 Å². The summed E-state index contributed by atoms with van der Waals surface area (Å²) in [7, 11) is 0. The maximum absolute atomic E-state index is 9.59. The van der Waals surface area contributed by atoms with Gasteiger partial charge in [0.1, 0.15) is 5.78 Å². The van der Waals surface area contributed by atoms with Crippen molar-refractivity contribution in [3.63, 3.8) is 0 Å². The number of carbonyl (C=O) groups is 2. The average molecular weight is 131 g/mol. The summed E-state index contributed by atoms with van der Waals surface area (Å²) in [6.07, 6.45) is 0.444. The predicted molar refractivity (Wildman–Crippen MR) is 35.8 cm³/mol. The molecule has 0 radical (unpaired) electrons. The topological polar surface area (TPSA) is 60.2 Å². The van der Waals surface area contributed by atoms with Gasteiger partial charge in [-0.15, -0.1) is 0 Å². The van der Waals surface area contributed by atoms with Crippen molar-refractivity contribution in [2.75, 3.05) is 0 Å². The van der Waals surface area contributed by atoms with Gasteiger partial charge in [-0.2, -0.15) is 0 Å². The maximum atomic E-state index is 9.59. The Hall–Kier alpha value is -0.860. The largest absolute Gasteiger partial charge is 0.370 e. The molecule has 3 nitrogen and oxygen atoms in total. The fourth-order valence-corrected chi connectivity index (χ4v) is 0. The second kappa shape index (κ2) is 7.14. The van der Waals surface area contributed by atoms with Crippen LogP contribution in [0.25, 0.3) is 0 Å². The lowest BCUT2D eigenvalue weighted by Gasteiger charge is -1.73. The van der Waals surface area contributed by atoms with E-state index in [-0.39, 0.29) is 11.7 Å². The molecule has 0 spiro atoms. The molecule has 0 aliphatic carbocycles. The molecule has 3 heteroatoms. The SMILES string of the molecule is CC(C)=O.CCC(N)=O. The summed E-state index contributed by atoms with van der Waals surface area (Å²) in [6.45, 7) is 4.78. The molecule has 0 heterocycles. The summed E-state index contributed by atoms with van der Waals surface area (Å²) >= 11 is 0. The minimum Gasteiger partial charge on any atom is -0.370 e. The summed E-state index contributed by atoms with van der Waals surface area (Å²) in [6, 6.07) is 0. The summed E-state index contributed by atoms with van der Waals surface area (Å²) in [5.41, 5.74) is 4.65. The molecule has 0 aliphatic heterocycles. The van der Waals surface area contributed by atoms with E-state index in [1.165, 1.54) is 13.8 Å². The van der Waals surface area contributed by atoms with Gasteiger partial charge in [0.25, 0.3) is 0 Å². The van der Waals surface area contributed by atoms with Crippen molar-refractivity contribution in [3.8, 4) is 0 Å². The summed E-state index contributed by atoms with van der Waals surface area (Å²) in [5, 5.41) is 0. The molecule has 0 aliphatic rings. The first-order valence-corrected chi connectivity index (χ1v) is 2.76. The summed E-state index contributed by atoms with van der Waals surface area (Å²) < 4.78 is 0. The number of nitrogens with two attached hydrogens (primary N) is 1. The van der Waals surface area contributed by atoms with Gasteiger partial charge in [-0.25, -0.2) is 0 Å². The Morgan fingerprint density at radius 1 is 1.33 bits per heavy atom. The second-order valence-corrected chi connectivity index (χ2v) is 1.73. The number of primary amides is 1. The number of hydrogen-bond acceptors (Lipinski definition) is 2. The summed E-state index contributed by atoms with van der Waals surface area (Å²) in [5.74, 6) is -0.0787. The molecule has 0 saturated carbocycles. The molecule has 0 unspecified atom stereocenters. The van der Waals surface area contributed by atoms with E-state index in [1.807, 2.05) is 0 Å². The minimum absolute atomic E-state index is 0.167. The monoisotopic (exact) mass is 131 g/mol. The van der Waals surface area contributed by atoms with Crippen LogP contribution in [0.5, 0.6) is 0 Å². The van der Waals surface area contributed by atoms with E-state index < -0.39 is 0 Å². The van der Waals surface area contributed by atoms with Gasteiger partial charge >= 0.3 is 0 Å². The van der Waals surface area contributed by atoms with Gasteiger partial charge in [0.2, 0.25) is 5.91 Å². The van der Waals surface area contributed by atoms with Gasteiger partial charge in [-0.3, -0.25) is 4.79 Å². The predicted octanol–water partition coefficient (Wildman–Crippen LogP) is 0.477. The van der Waals surface area contributed by atoms with Crippen LogP contribution in [-0.4, -0.2) is 11.7 Å². The van der Waals surface area contributed by atoms with Gasteiger partial charge in [0, 0.05) is 6.42 Å². The lowest BCUT2D eigenvalue weighted by molar-refractivity contribution is -0.117. The third-order valence-electron chi connectivity index (χ3n) is 0.348. The van der Waals surface area contributed by atoms with Crippen molar-refractivity contribution < 1.29 is 9.59 Å². The molecule has 0 aromatic rings. The Bertz CT molecular complexity index is 95.2. The molecule has 0 saturated heterocycles. The number of amides is 1. The Morgan fingerprint density at radius 2 is 1.44 bits per heavy atom. The van der Waals surface area contributed by atoms with E-state index in [1.54, 1.807) is 6.92 Å². The first-order chi connectivity index (χ1) is 4.00. The molecule has 0 atom stereocenters. The van der Waals surface area contributed by atoms with Crippen LogP contribution < -0.4 is 5.73 Å². The third-order valence-corrected chi connectivity index (χ3v) is 0.348. The molecule has 54 valence electrons. The van der Waals surface area contributed by atoms with E-state index in [2.05, 4.69) is 5.73 Å².